The lowest BCUT2D eigenvalue weighted by Gasteiger charge is -2.09. The molecule has 30 heavy (non-hydrogen) atoms. The molecule has 0 N–H and O–H groups in total. The van der Waals surface area contributed by atoms with Crippen molar-refractivity contribution in [2.45, 2.75) is 0 Å². The fraction of sp³-hybridized carbons (Fsp3) is 0. The number of halogens is 6. The van der Waals surface area contributed by atoms with E-state index >= 15 is 0 Å². The molecule has 0 amide bonds. The van der Waals surface area contributed by atoms with Crippen molar-refractivity contribution in [3.05, 3.63) is 89.5 Å². The van der Waals surface area contributed by atoms with Crippen LogP contribution < -0.4 is 0 Å². The first-order valence-corrected chi connectivity index (χ1v) is 8.42. The van der Waals surface area contributed by atoms with E-state index in [2.05, 4.69) is 15.0 Å². The van der Waals surface area contributed by atoms with E-state index in [1.54, 1.807) is 0 Å². The Balaban J connectivity index is 1.98. The van der Waals surface area contributed by atoms with E-state index in [0.717, 1.165) is 36.4 Å². The summed E-state index contributed by atoms with van der Waals surface area (Å²) < 4.78 is 82.0. The van der Waals surface area contributed by atoms with Crippen LogP contribution >= 0.6 is 0 Å². The fourth-order valence-electron chi connectivity index (χ4n) is 2.81. The van der Waals surface area contributed by atoms with Crippen LogP contribution in [0.1, 0.15) is 0 Å². The van der Waals surface area contributed by atoms with Gasteiger partial charge in [-0.2, -0.15) is 0 Å². The van der Waals surface area contributed by atoms with Crippen LogP contribution in [0.4, 0.5) is 26.3 Å². The lowest BCUT2D eigenvalue weighted by Crippen LogP contribution is -2.02. The van der Waals surface area contributed by atoms with Crippen molar-refractivity contribution >= 4 is 0 Å². The van der Waals surface area contributed by atoms with Gasteiger partial charge in [0, 0.05) is 34.9 Å². The molecule has 0 atom stereocenters. The first-order valence-electron chi connectivity index (χ1n) is 8.42. The Morgan fingerprint density at radius 3 is 0.733 bits per heavy atom. The van der Waals surface area contributed by atoms with Crippen molar-refractivity contribution in [2.75, 3.05) is 0 Å². The van der Waals surface area contributed by atoms with E-state index in [4.69, 9.17) is 0 Å². The largest absolute Gasteiger partial charge is 0.208 e. The fourth-order valence-corrected chi connectivity index (χ4v) is 2.81. The summed E-state index contributed by atoms with van der Waals surface area (Å²) in [7, 11) is 0. The van der Waals surface area contributed by atoms with Crippen molar-refractivity contribution in [1.29, 1.82) is 0 Å². The maximum Gasteiger partial charge on any atom is 0.164 e. The van der Waals surface area contributed by atoms with Gasteiger partial charge in [-0.3, -0.25) is 0 Å². The third-order valence-corrected chi connectivity index (χ3v) is 4.00. The Hall–Kier alpha value is -3.75. The van der Waals surface area contributed by atoms with Gasteiger partial charge in [-0.15, -0.1) is 0 Å². The molecule has 0 unspecified atom stereocenters. The quantitative estimate of drug-likeness (QED) is 0.401. The smallest absolute Gasteiger partial charge is 0.164 e. The molecule has 0 aliphatic rings. The number of rotatable bonds is 3. The molecule has 1 aromatic heterocycles. The Morgan fingerprint density at radius 1 is 0.333 bits per heavy atom. The van der Waals surface area contributed by atoms with Gasteiger partial charge in [0.1, 0.15) is 34.9 Å². The highest BCUT2D eigenvalue weighted by atomic mass is 19.2. The maximum absolute atomic E-state index is 13.7. The first kappa shape index (κ1) is 19.6. The van der Waals surface area contributed by atoms with Crippen molar-refractivity contribution < 1.29 is 26.3 Å². The van der Waals surface area contributed by atoms with Gasteiger partial charge < -0.3 is 0 Å². The summed E-state index contributed by atoms with van der Waals surface area (Å²) in [6, 6.07) is 7.51. The van der Waals surface area contributed by atoms with Crippen LogP contribution in [0.2, 0.25) is 0 Å². The highest BCUT2D eigenvalue weighted by Crippen LogP contribution is 2.27. The van der Waals surface area contributed by atoms with Gasteiger partial charge in [0.05, 0.1) is 0 Å². The summed E-state index contributed by atoms with van der Waals surface area (Å²) >= 11 is 0. The molecule has 0 aliphatic carbocycles. The van der Waals surface area contributed by atoms with Gasteiger partial charge in [-0.05, 0) is 36.4 Å². The van der Waals surface area contributed by atoms with E-state index in [-0.39, 0.29) is 34.2 Å². The van der Waals surface area contributed by atoms with Crippen LogP contribution in [0.25, 0.3) is 34.2 Å². The van der Waals surface area contributed by atoms with Crippen LogP contribution in [0.3, 0.4) is 0 Å². The zero-order valence-corrected chi connectivity index (χ0v) is 14.8. The van der Waals surface area contributed by atoms with E-state index in [1.807, 2.05) is 0 Å². The SMILES string of the molecule is Fc1cc(F)cc(-c2nc(-c3cc(F)cc(F)c3)nc(-c3cc(F)cc(F)c3)n2)c1. The molecule has 3 aromatic carbocycles. The van der Waals surface area contributed by atoms with Crippen molar-refractivity contribution in [1.82, 2.24) is 15.0 Å². The molecule has 0 saturated carbocycles. The van der Waals surface area contributed by atoms with Gasteiger partial charge in [-0.25, -0.2) is 41.3 Å². The second-order valence-electron chi connectivity index (χ2n) is 6.28. The van der Waals surface area contributed by atoms with Crippen LogP contribution in [0.5, 0.6) is 0 Å². The van der Waals surface area contributed by atoms with Gasteiger partial charge in [-0.1, -0.05) is 0 Å². The van der Waals surface area contributed by atoms with Crippen molar-refractivity contribution in [2.24, 2.45) is 0 Å². The number of benzene rings is 3. The Labute approximate surface area is 165 Å². The number of aromatic nitrogens is 3. The molecule has 0 bridgehead atoms. The van der Waals surface area contributed by atoms with E-state index in [9.17, 15) is 26.3 Å². The third kappa shape index (κ3) is 4.14. The predicted molar refractivity (Wildman–Crippen MR) is 95.9 cm³/mol. The predicted octanol–water partition coefficient (Wildman–Crippen LogP) is 5.71. The summed E-state index contributed by atoms with van der Waals surface area (Å²) in [6.07, 6.45) is 0. The normalized spacial score (nSPS) is 11.0. The molecule has 4 aromatic rings. The third-order valence-electron chi connectivity index (χ3n) is 4.00. The zero-order valence-electron chi connectivity index (χ0n) is 14.8. The van der Waals surface area contributed by atoms with Crippen molar-refractivity contribution in [3.63, 3.8) is 0 Å². The van der Waals surface area contributed by atoms with Gasteiger partial charge in [0.25, 0.3) is 0 Å². The molecule has 0 saturated heterocycles. The summed E-state index contributed by atoms with van der Waals surface area (Å²) in [5.41, 5.74) is -0.316. The summed E-state index contributed by atoms with van der Waals surface area (Å²) in [5.74, 6) is -6.27. The molecule has 3 nitrogen and oxygen atoms in total. The second kappa shape index (κ2) is 7.58. The highest BCUT2D eigenvalue weighted by Gasteiger charge is 2.16. The second-order valence-corrected chi connectivity index (χ2v) is 6.28. The Morgan fingerprint density at radius 2 is 0.533 bits per heavy atom. The molecule has 0 aliphatic heterocycles. The lowest BCUT2D eigenvalue weighted by atomic mass is 10.1. The summed E-state index contributed by atoms with van der Waals surface area (Å²) in [5, 5.41) is 0. The zero-order chi connectivity index (χ0) is 21.4. The minimum Gasteiger partial charge on any atom is -0.208 e. The average Bonchev–Trinajstić information content (AvgIpc) is 2.65. The summed E-state index contributed by atoms with van der Waals surface area (Å²) in [6.45, 7) is 0. The average molecular weight is 417 g/mol. The van der Waals surface area contributed by atoms with E-state index < -0.39 is 34.9 Å². The van der Waals surface area contributed by atoms with Crippen LogP contribution in [0, 0.1) is 34.9 Å². The molecule has 0 fully saturated rings. The monoisotopic (exact) mass is 417 g/mol. The molecule has 4 rings (SSSR count). The molecule has 9 heteroatoms. The van der Waals surface area contributed by atoms with Gasteiger partial charge >= 0.3 is 0 Å². The molecular formula is C21H9F6N3. The topological polar surface area (TPSA) is 38.7 Å². The minimum atomic E-state index is -0.915. The first-order chi connectivity index (χ1) is 14.3. The highest BCUT2D eigenvalue weighted by molar-refractivity contribution is 5.66. The number of hydrogen-bond acceptors (Lipinski definition) is 3. The van der Waals surface area contributed by atoms with Crippen LogP contribution in [0.15, 0.2) is 54.6 Å². The van der Waals surface area contributed by atoms with E-state index in [0.29, 0.717) is 18.2 Å². The molecule has 0 radical (unpaired) electrons. The number of hydrogen-bond donors (Lipinski definition) is 0. The van der Waals surface area contributed by atoms with Crippen LogP contribution in [-0.4, -0.2) is 15.0 Å². The molecular weight excluding hydrogens is 408 g/mol. The van der Waals surface area contributed by atoms with Gasteiger partial charge in [0.15, 0.2) is 17.5 Å². The molecule has 150 valence electrons. The van der Waals surface area contributed by atoms with Crippen LogP contribution in [-0.2, 0) is 0 Å². The van der Waals surface area contributed by atoms with Crippen molar-refractivity contribution in [3.8, 4) is 34.2 Å². The maximum atomic E-state index is 13.7. The molecule has 1 heterocycles. The number of nitrogens with zero attached hydrogens (tertiary/aromatic N) is 3. The minimum absolute atomic E-state index is 0.105. The Kier molecular flexibility index (Phi) is 4.94. The standard InChI is InChI=1S/C21H9F6N3/c22-13-1-10(2-14(23)7-13)19-28-20(11-3-15(24)8-16(25)4-11)30-21(29-19)12-5-17(26)9-18(27)6-12/h1-9H. The summed E-state index contributed by atoms with van der Waals surface area (Å²) in [4.78, 5) is 12.1. The lowest BCUT2D eigenvalue weighted by molar-refractivity contribution is 0.583. The molecule has 0 spiro atoms. The van der Waals surface area contributed by atoms with Gasteiger partial charge in [0.2, 0.25) is 0 Å². The Bertz CT molecular complexity index is 1050. The van der Waals surface area contributed by atoms with E-state index in [1.165, 1.54) is 0 Å².